The summed E-state index contributed by atoms with van der Waals surface area (Å²) < 4.78 is 17.2. The highest BCUT2D eigenvalue weighted by molar-refractivity contribution is 9.11. The highest BCUT2D eigenvalue weighted by Gasteiger charge is 2.24. The molecule has 740 valence electrons. The van der Waals surface area contributed by atoms with Crippen LogP contribution in [0.4, 0.5) is 0 Å². The van der Waals surface area contributed by atoms with Gasteiger partial charge in [0.15, 0.2) is 184 Å². The van der Waals surface area contributed by atoms with E-state index in [1.807, 2.05) is 18.2 Å². The number of hydrogen-bond donors (Lipinski definition) is 28. The van der Waals surface area contributed by atoms with Crippen molar-refractivity contribution >= 4 is 121 Å². The van der Waals surface area contributed by atoms with Gasteiger partial charge in [-0.05, 0) is 323 Å². The van der Waals surface area contributed by atoms with Gasteiger partial charge in [0.25, 0.3) is 0 Å². The van der Waals surface area contributed by atoms with Gasteiger partial charge >= 0.3 is 0 Å². The molecule has 145 heavy (non-hydrogen) atoms. The van der Waals surface area contributed by atoms with Crippen LogP contribution in [0.3, 0.4) is 0 Å². The maximum Gasteiger partial charge on any atom is 0.249 e. The number of carbonyl (C=O) groups excluding carboxylic acids is 2. The van der Waals surface area contributed by atoms with E-state index in [1.54, 1.807) is 36.4 Å². The quantitative estimate of drug-likeness (QED) is 0.0335. The Kier molecular flexibility index (Phi) is 32.7. The van der Waals surface area contributed by atoms with E-state index in [2.05, 4.69) is 88.3 Å². The minimum absolute atomic E-state index is 0.0172. The third-order valence-corrected chi connectivity index (χ3v) is 26.5. The number of Topliss-reactive ketones (excluding diaryl/α,β-unsaturated/α-hetero) is 2. The minimum atomic E-state index is -0.384. The molecule has 5 heterocycles. The van der Waals surface area contributed by atoms with Crippen LogP contribution in [0.2, 0.25) is 0 Å². The number of fused-ring (bicyclic) bond motifs is 1. The molecule has 0 radical (unpaired) electrons. The fourth-order valence-corrected chi connectivity index (χ4v) is 17.9. The van der Waals surface area contributed by atoms with Crippen LogP contribution < -0.4 is 0 Å². The monoisotopic (exact) mass is 2280 g/mol. The second-order valence-corrected chi connectivity index (χ2v) is 36.8. The molecule has 44 heteroatoms. The predicted octanol–water partition coefficient (Wildman–Crippen LogP) is 22.0. The smallest absolute Gasteiger partial charge is 0.249 e. The molecule has 0 aliphatic carbocycles. The van der Waals surface area contributed by atoms with Crippen LogP contribution in [0.1, 0.15) is 31.8 Å². The topological polar surface area (TPSA) is 691 Å². The molecule has 19 aromatic rings. The highest BCUT2D eigenvalue weighted by atomic mass is 79.9. The van der Waals surface area contributed by atoms with E-state index in [1.165, 1.54) is 217 Å². The van der Waals surface area contributed by atoms with Gasteiger partial charge in [0.1, 0.15) is 10.5 Å². The second kappa shape index (κ2) is 45.3. The summed E-state index contributed by atoms with van der Waals surface area (Å²) in [5.74, 6) is -6.78. The van der Waals surface area contributed by atoms with Gasteiger partial charge in [-0.25, -0.2) is 9.97 Å². The number of phenols is 28. The van der Waals surface area contributed by atoms with Gasteiger partial charge in [-0.15, -0.1) is 32.9 Å². The number of aromatic nitrogens is 5. The Bertz CT molecular complexity index is 7800. The van der Waals surface area contributed by atoms with Gasteiger partial charge in [-0.2, -0.15) is 4.37 Å². The Labute approximate surface area is 860 Å². The van der Waals surface area contributed by atoms with Crippen molar-refractivity contribution in [2.24, 2.45) is 0 Å². The Morgan fingerprint density at radius 3 is 1.14 bits per heavy atom. The lowest BCUT2D eigenvalue weighted by Crippen LogP contribution is -2.04. The first-order valence-electron chi connectivity index (χ1n) is 41.1. The molecule has 0 aliphatic rings. The number of nitrogens with zero attached hydrogens (tertiary/aromatic N) is 5. The zero-order valence-electron chi connectivity index (χ0n) is 73.2. The predicted molar refractivity (Wildman–Crippen MR) is 545 cm³/mol. The number of halogens is 4. The largest absolute Gasteiger partial charge is 0.504 e. The van der Waals surface area contributed by atoms with Crippen molar-refractivity contribution in [3.05, 3.63) is 289 Å². The molecule has 19 rings (SSSR count). The second-order valence-electron chi connectivity index (χ2n) is 30.5. The molecule has 37 nitrogen and oxygen atoms in total. The molecular weight excluding hydrogens is 2210 g/mol. The molecule has 0 bridgehead atoms. The summed E-state index contributed by atoms with van der Waals surface area (Å²) in [5.41, 5.74) is 7.75. The SMILES string of the molecule is O=C(Cc1cc(O)c(O)cc1Br)c1ccc(O)c(O)c1.O=C(Cc1ccc(O)c(O)c1)c1cc(O)c(O)cc1Br.Oc1ccc(-c2cc(Br)c(-c3ccc(O)c(O)c3)s2)cc1O.Oc1ccc(-c2ccc(-c3ccc(O)c(O)c3)s2)cc1O.Oc1ccc(-c2nc3cc(O)c(O)cc3o2)cc1O.Oc1ccc(-c2nnc(-c3cc(O)c(O)cc3Br)o2)cc1O.Oc1ccc(-c2nsc(-c3ccc(O)c(O)c3)n2)cc1O. The lowest BCUT2D eigenvalue weighted by atomic mass is 10.0. The summed E-state index contributed by atoms with van der Waals surface area (Å²) >= 11 is 17.1. The molecule has 0 saturated heterocycles. The molecular formula is C101H73Br4N5O32S3. The molecule has 14 aromatic carbocycles. The van der Waals surface area contributed by atoms with E-state index >= 15 is 0 Å². The van der Waals surface area contributed by atoms with E-state index in [9.17, 15) is 153 Å². The molecule has 0 saturated carbocycles. The van der Waals surface area contributed by atoms with Gasteiger partial charge in [-0.3, -0.25) is 9.59 Å². The molecule has 0 spiro atoms. The first-order chi connectivity index (χ1) is 68.8. The van der Waals surface area contributed by atoms with Crippen molar-refractivity contribution in [3.8, 4) is 259 Å². The number of hydrogen-bond acceptors (Lipinski definition) is 40. The number of aromatic hydroxyl groups is 28. The Morgan fingerprint density at radius 1 is 0.262 bits per heavy atom. The van der Waals surface area contributed by atoms with E-state index in [-0.39, 0.29) is 214 Å². The first kappa shape index (κ1) is 105. The van der Waals surface area contributed by atoms with Crippen molar-refractivity contribution in [1.29, 1.82) is 0 Å². The number of rotatable bonds is 15. The zero-order chi connectivity index (χ0) is 105. The molecule has 0 amide bonds. The number of benzene rings is 14. The summed E-state index contributed by atoms with van der Waals surface area (Å²) in [7, 11) is 0. The third-order valence-electron chi connectivity index (χ3n) is 20.4. The average Bonchev–Trinajstić information content (AvgIpc) is 1.65. The summed E-state index contributed by atoms with van der Waals surface area (Å²) in [5, 5.41) is 271. The minimum Gasteiger partial charge on any atom is -0.504 e. The molecule has 28 N–H and O–H groups in total. The van der Waals surface area contributed by atoms with Crippen LogP contribution in [0.25, 0.3) is 109 Å². The number of carbonyl (C=O) groups is 2. The maximum atomic E-state index is 12.1. The summed E-state index contributed by atoms with van der Waals surface area (Å²) in [6.45, 7) is 0. The molecule has 0 fully saturated rings. The molecule has 0 unspecified atom stereocenters. The number of ketones is 2. The first-order valence-corrected chi connectivity index (χ1v) is 46.7. The van der Waals surface area contributed by atoms with Crippen LogP contribution in [-0.4, -0.2) is 179 Å². The average molecular weight is 2280 g/mol. The Hall–Kier alpha value is -17.7. The summed E-state index contributed by atoms with van der Waals surface area (Å²) in [6, 6.07) is 59.3. The van der Waals surface area contributed by atoms with Crippen LogP contribution in [0.5, 0.6) is 161 Å². The number of oxazole rings is 1. The van der Waals surface area contributed by atoms with Gasteiger partial charge in [0.2, 0.25) is 17.7 Å². The maximum absolute atomic E-state index is 12.1. The number of phenolic OH excluding ortho intramolecular Hbond substituents is 28. The van der Waals surface area contributed by atoms with E-state index in [0.717, 1.165) is 57.8 Å². The van der Waals surface area contributed by atoms with Gasteiger partial charge in [0.05, 0.1) is 5.56 Å². The lowest BCUT2D eigenvalue weighted by Gasteiger charge is -2.07. The van der Waals surface area contributed by atoms with Crippen molar-refractivity contribution in [1.82, 2.24) is 24.5 Å². The van der Waals surface area contributed by atoms with Crippen molar-refractivity contribution in [2.45, 2.75) is 12.8 Å². The van der Waals surface area contributed by atoms with E-state index < -0.39 is 0 Å². The fraction of sp³-hybridized carbons (Fsp3) is 0.0198. The Morgan fingerprint density at radius 2 is 0.634 bits per heavy atom. The van der Waals surface area contributed by atoms with Crippen LogP contribution in [0, 0.1) is 0 Å². The fourth-order valence-electron chi connectivity index (χ4n) is 12.8. The summed E-state index contributed by atoms with van der Waals surface area (Å²) in [4.78, 5) is 36.3. The number of thiophene rings is 2. The van der Waals surface area contributed by atoms with Gasteiger partial charge in [0, 0.05) is 95.8 Å². The normalized spacial score (nSPS) is 10.7. The van der Waals surface area contributed by atoms with E-state index in [0.29, 0.717) is 74.3 Å². The molecule has 5 aromatic heterocycles. The zero-order valence-corrected chi connectivity index (χ0v) is 82.0. The van der Waals surface area contributed by atoms with Crippen molar-refractivity contribution in [2.75, 3.05) is 0 Å². The van der Waals surface area contributed by atoms with Crippen molar-refractivity contribution in [3.63, 3.8) is 0 Å². The molecule has 0 atom stereocenters. The Balaban J connectivity index is 0.000000142. The highest BCUT2D eigenvalue weighted by Crippen LogP contribution is 2.48. The van der Waals surface area contributed by atoms with E-state index in [4.69, 9.17) is 8.83 Å². The van der Waals surface area contributed by atoms with Gasteiger partial charge in [-0.1, -0.05) is 22.0 Å². The van der Waals surface area contributed by atoms with Gasteiger partial charge < -0.3 is 152 Å². The molecule has 0 aliphatic heterocycles. The van der Waals surface area contributed by atoms with Crippen LogP contribution >= 0.6 is 97.9 Å². The van der Waals surface area contributed by atoms with Crippen LogP contribution in [-0.2, 0) is 12.8 Å². The summed E-state index contributed by atoms with van der Waals surface area (Å²) in [6.07, 6.45) is -0.0463. The standard InChI is InChI=1S/C16H11BrO4S.C16H12O4S.C14H9BrN2O5.2C14H11BrO5.C14H10N2O4S.C13H9NO5/c17-10-7-15(8-1-3-11(18)13(20)5-8)22-16(10)9-2-4-12(19)14(21)6-9;17-11-3-1-9(7-13(11)19)15-5-6-16(21-15)10-2-4-12(18)14(20)8-10;15-8-5-12(21)11(20)4-7(8)14-17-16-13(22-14)6-1-2-9(18)10(19)3-6;15-9-6-14(20)13(19)5-8(9)4-11(17)7-1-2-10(16)12(18)3-7;15-9-6-14(20)13(19)5-8(9)11(17)3-7-1-2-10(16)12(18)4-7;17-9-3-1-7(5-11(9)19)13-15-14(21-16-13)8-2-4-10(18)12(20)6-8;15-8-2-1-6(3-9(8)16)13-14-7-4-10(17)11(18)5-12(7)19-13/h1-7,18-21H;1-8,17-20H;1-5,18-21H;1-3,5-6,16,18-20H,4H2;1-2,4-6,16,18-20H,3H2;1-6,17-20H;1-5,15-18H. The van der Waals surface area contributed by atoms with Crippen molar-refractivity contribution < 1.29 is 161 Å². The van der Waals surface area contributed by atoms with Crippen LogP contribution in [0.15, 0.2) is 275 Å². The third kappa shape index (κ3) is 25.8. The lowest BCUT2D eigenvalue weighted by molar-refractivity contribution is 0.0984.